The van der Waals surface area contributed by atoms with Crippen LogP contribution in [0.5, 0.6) is 5.75 Å². The number of carbonyl (C=O) groups is 2. The summed E-state index contributed by atoms with van der Waals surface area (Å²) in [5.74, 6) is 1.43. The molecule has 2 aromatic carbocycles. The first-order chi connectivity index (χ1) is 13.0. The summed E-state index contributed by atoms with van der Waals surface area (Å²) in [6, 6.07) is 14.6. The molecule has 3 rings (SSSR count). The Hall–Kier alpha value is -2.82. The number of carbonyl (C=O) groups excluding carboxylic acids is 2. The van der Waals surface area contributed by atoms with Crippen molar-refractivity contribution in [3.05, 3.63) is 59.7 Å². The molecule has 1 saturated heterocycles. The molecule has 5 heteroatoms. The summed E-state index contributed by atoms with van der Waals surface area (Å²) < 4.78 is 5.12. The van der Waals surface area contributed by atoms with Gasteiger partial charge in [-0.3, -0.25) is 9.59 Å². The van der Waals surface area contributed by atoms with Gasteiger partial charge in [0.05, 0.1) is 13.5 Å². The Kier molecular flexibility index (Phi) is 6.12. The van der Waals surface area contributed by atoms with Crippen molar-refractivity contribution in [3.63, 3.8) is 0 Å². The standard InChI is InChI=1S/C22H26N2O3/c1-16-11-13-24(14-12-16)22(26)18-5-7-19(8-6-18)23-21(25)15-17-3-9-20(27-2)10-4-17/h3-10,16H,11-15H2,1-2H3,(H,23,25). The van der Waals surface area contributed by atoms with E-state index < -0.39 is 0 Å². The van der Waals surface area contributed by atoms with Crippen LogP contribution in [-0.2, 0) is 11.2 Å². The average Bonchev–Trinajstić information content (AvgIpc) is 2.69. The van der Waals surface area contributed by atoms with Crippen LogP contribution < -0.4 is 10.1 Å². The molecule has 0 saturated carbocycles. The summed E-state index contributed by atoms with van der Waals surface area (Å²) in [5, 5.41) is 2.88. The van der Waals surface area contributed by atoms with Crippen molar-refractivity contribution in [2.45, 2.75) is 26.2 Å². The molecule has 5 nitrogen and oxygen atoms in total. The van der Waals surface area contributed by atoms with E-state index in [0.29, 0.717) is 17.2 Å². The van der Waals surface area contributed by atoms with Crippen LogP contribution in [0.2, 0.25) is 0 Å². The van der Waals surface area contributed by atoms with Crippen molar-refractivity contribution in [3.8, 4) is 5.75 Å². The summed E-state index contributed by atoms with van der Waals surface area (Å²) in [5.41, 5.74) is 2.27. The molecule has 0 aliphatic carbocycles. The molecule has 1 N–H and O–H groups in total. The summed E-state index contributed by atoms with van der Waals surface area (Å²) in [6.45, 7) is 3.87. The zero-order chi connectivity index (χ0) is 19.2. The number of likely N-dealkylation sites (tertiary alicyclic amines) is 1. The second-order valence-electron chi connectivity index (χ2n) is 7.13. The minimum absolute atomic E-state index is 0.0676. The summed E-state index contributed by atoms with van der Waals surface area (Å²) in [4.78, 5) is 26.7. The van der Waals surface area contributed by atoms with Crippen LogP contribution in [-0.4, -0.2) is 36.9 Å². The maximum atomic E-state index is 12.6. The third-order valence-electron chi connectivity index (χ3n) is 5.01. The van der Waals surface area contributed by atoms with Gasteiger partial charge in [0.2, 0.25) is 5.91 Å². The predicted molar refractivity (Wildman–Crippen MR) is 106 cm³/mol. The monoisotopic (exact) mass is 366 g/mol. The van der Waals surface area contributed by atoms with Gasteiger partial charge in [-0.1, -0.05) is 19.1 Å². The summed E-state index contributed by atoms with van der Waals surface area (Å²) >= 11 is 0. The molecule has 1 aliphatic heterocycles. The lowest BCUT2D eigenvalue weighted by Crippen LogP contribution is -2.37. The Morgan fingerprint density at radius 3 is 2.26 bits per heavy atom. The molecule has 0 radical (unpaired) electrons. The van der Waals surface area contributed by atoms with Crippen molar-refractivity contribution in [2.75, 3.05) is 25.5 Å². The van der Waals surface area contributed by atoms with Gasteiger partial charge in [0.15, 0.2) is 0 Å². The lowest BCUT2D eigenvalue weighted by molar-refractivity contribution is -0.115. The number of nitrogens with one attached hydrogen (secondary N) is 1. The third kappa shape index (κ3) is 5.09. The van der Waals surface area contributed by atoms with Gasteiger partial charge in [-0.05, 0) is 60.7 Å². The molecule has 0 aromatic heterocycles. The van der Waals surface area contributed by atoms with Crippen molar-refractivity contribution in [1.29, 1.82) is 0 Å². The van der Waals surface area contributed by atoms with Gasteiger partial charge in [0.25, 0.3) is 5.91 Å². The molecule has 2 aromatic rings. The van der Waals surface area contributed by atoms with E-state index in [0.717, 1.165) is 37.2 Å². The highest BCUT2D eigenvalue weighted by Crippen LogP contribution is 2.19. The highest BCUT2D eigenvalue weighted by atomic mass is 16.5. The smallest absolute Gasteiger partial charge is 0.253 e. The molecule has 0 atom stereocenters. The number of methoxy groups -OCH3 is 1. The molecule has 142 valence electrons. The first-order valence-electron chi connectivity index (χ1n) is 9.37. The van der Waals surface area contributed by atoms with E-state index in [1.54, 1.807) is 31.4 Å². The van der Waals surface area contributed by atoms with Gasteiger partial charge in [-0.15, -0.1) is 0 Å². The van der Waals surface area contributed by atoms with Crippen molar-refractivity contribution >= 4 is 17.5 Å². The molecule has 0 spiro atoms. The molecule has 0 bridgehead atoms. The van der Waals surface area contributed by atoms with Gasteiger partial charge in [-0.25, -0.2) is 0 Å². The average molecular weight is 366 g/mol. The second kappa shape index (κ2) is 8.71. The van der Waals surface area contributed by atoms with Crippen LogP contribution in [0.25, 0.3) is 0 Å². The first kappa shape index (κ1) is 19.0. The van der Waals surface area contributed by atoms with Crippen LogP contribution in [0.4, 0.5) is 5.69 Å². The number of hydrogen-bond donors (Lipinski definition) is 1. The Bertz CT molecular complexity index is 776. The van der Waals surface area contributed by atoms with Crippen molar-refractivity contribution in [2.24, 2.45) is 5.92 Å². The minimum Gasteiger partial charge on any atom is -0.497 e. The van der Waals surface area contributed by atoms with Gasteiger partial charge in [0.1, 0.15) is 5.75 Å². The molecule has 0 unspecified atom stereocenters. The predicted octanol–water partition coefficient (Wildman–Crippen LogP) is 3.75. The molecule has 1 fully saturated rings. The van der Waals surface area contributed by atoms with Crippen LogP contribution in [0.1, 0.15) is 35.7 Å². The molecule has 1 heterocycles. The first-order valence-corrected chi connectivity index (χ1v) is 9.37. The van der Waals surface area contributed by atoms with Gasteiger partial charge < -0.3 is 15.0 Å². The van der Waals surface area contributed by atoms with E-state index in [2.05, 4.69) is 12.2 Å². The zero-order valence-electron chi connectivity index (χ0n) is 15.9. The molecule has 1 aliphatic rings. The fourth-order valence-electron chi connectivity index (χ4n) is 3.22. The highest BCUT2D eigenvalue weighted by molar-refractivity contribution is 5.96. The van der Waals surface area contributed by atoms with Crippen molar-refractivity contribution < 1.29 is 14.3 Å². The third-order valence-corrected chi connectivity index (χ3v) is 5.01. The normalized spacial score (nSPS) is 14.7. The number of ether oxygens (including phenoxy) is 1. The van der Waals surface area contributed by atoms with E-state index >= 15 is 0 Å². The number of anilines is 1. The Morgan fingerprint density at radius 2 is 1.67 bits per heavy atom. The number of nitrogens with zero attached hydrogens (tertiary/aromatic N) is 1. The van der Waals surface area contributed by atoms with Gasteiger partial charge >= 0.3 is 0 Å². The molecular formula is C22H26N2O3. The fourth-order valence-corrected chi connectivity index (χ4v) is 3.22. The SMILES string of the molecule is COc1ccc(CC(=O)Nc2ccc(C(=O)N3CCC(C)CC3)cc2)cc1. The van der Waals surface area contributed by atoms with Crippen LogP contribution in [0.3, 0.4) is 0 Å². The topological polar surface area (TPSA) is 58.6 Å². The summed E-state index contributed by atoms with van der Waals surface area (Å²) in [6.07, 6.45) is 2.41. The lowest BCUT2D eigenvalue weighted by Gasteiger charge is -2.30. The number of benzene rings is 2. The quantitative estimate of drug-likeness (QED) is 0.877. The van der Waals surface area contributed by atoms with Crippen molar-refractivity contribution in [1.82, 2.24) is 4.90 Å². The molecular weight excluding hydrogens is 340 g/mol. The zero-order valence-corrected chi connectivity index (χ0v) is 15.9. The van der Waals surface area contributed by atoms with Crippen LogP contribution >= 0.6 is 0 Å². The number of piperidine rings is 1. The fraction of sp³-hybridized carbons (Fsp3) is 0.364. The minimum atomic E-state index is -0.0933. The Labute approximate surface area is 160 Å². The van der Waals surface area contributed by atoms with E-state index in [1.807, 2.05) is 29.2 Å². The Balaban J connectivity index is 1.55. The maximum absolute atomic E-state index is 12.6. The van der Waals surface area contributed by atoms with Crippen LogP contribution in [0.15, 0.2) is 48.5 Å². The van der Waals surface area contributed by atoms with Crippen LogP contribution in [0, 0.1) is 5.92 Å². The van der Waals surface area contributed by atoms with Gasteiger partial charge in [0, 0.05) is 24.3 Å². The largest absolute Gasteiger partial charge is 0.497 e. The van der Waals surface area contributed by atoms with E-state index in [9.17, 15) is 9.59 Å². The molecule has 2 amide bonds. The van der Waals surface area contributed by atoms with E-state index in [1.165, 1.54) is 0 Å². The number of rotatable bonds is 5. The highest BCUT2D eigenvalue weighted by Gasteiger charge is 2.21. The summed E-state index contributed by atoms with van der Waals surface area (Å²) in [7, 11) is 1.61. The number of amides is 2. The number of hydrogen-bond acceptors (Lipinski definition) is 3. The van der Waals surface area contributed by atoms with Gasteiger partial charge in [-0.2, -0.15) is 0 Å². The van der Waals surface area contributed by atoms with E-state index in [-0.39, 0.29) is 18.2 Å². The Morgan fingerprint density at radius 1 is 1.04 bits per heavy atom. The lowest BCUT2D eigenvalue weighted by atomic mass is 9.98. The second-order valence-corrected chi connectivity index (χ2v) is 7.13. The maximum Gasteiger partial charge on any atom is 0.253 e. The van der Waals surface area contributed by atoms with E-state index in [4.69, 9.17) is 4.74 Å². The molecule has 27 heavy (non-hydrogen) atoms.